The van der Waals surface area contributed by atoms with E-state index in [0.29, 0.717) is 18.2 Å². The van der Waals surface area contributed by atoms with Crippen LogP contribution in [0.3, 0.4) is 0 Å². The van der Waals surface area contributed by atoms with Crippen LogP contribution in [-0.4, -0.2) is 54.2 Å². The van der Waals surface area contributed by atoms with Gasteiger partial charge in [0.05, 0.1) is 6.61 Å². The van der Waals surface area contributed by atoms with Crippen molar-refractivity contribution in [2.45, 2.75) is 26.2 Å². The maximum absolute atomic E-state index is 6.18. The molecule has 1 saturated heterocycles. The number of nitrogen functional groups attached to an aromatic ring is 1. The first-order valence-electron chi connectivity index (χ1n) is 7.98. The van der Waals surface area contributed by atoms with Gasteiger partial charge in [-0.05, 0) is 25.2 Å². The van der Waals surface area contributed by atoms with Crippen LogP contribution < -0.4 is 15.4 Å². The van der Waals surface area contributed by atoms with Crippen molar-refractivity contribution >= 4 is 11.5 Å². The number of aromatic nitrogens is 2. The Morgan fingerprint density at radius 3 is 2.67 bits per heavy atom. The van der Waals surface area contributed by atoms with Crippen molar-refractivity contribution in [2.75, 3.05) is 50.0 Å². The van der Waals surface area contributed by atoms with Gasteiger partial charge >= 0.3 is 0 Å². The lowest BCUT2D eigenvalue weighted by atomic mass is 10.2. The molecule has 0 aromatic carbocycles. The van der Waals surface area contributed by atoms with Crippen molar-refractivity contribution in [1.82, 2.24) is 14.9 Å². The molecule has 6 nitrogen and oxygen atoms in total. The van der Waals surface area contributed by atoms with Gasteiger partial charge in [-0.1, -0.05) is 6.92 Å². The molecule has 0 spiro atoms. The summed E-state index contributed by atoms with van der Waals surface area (Å²) in [5.74, 6) is 2.29. The van der Waals surface area contributed by atoms with Crippen molar-refractivity contribution in [3.05, 3.63) is 6.33 Å². The van der Waals surface area contributed by atoms with Gasteiger partial charge in [0.15, 0.2) is 5.82 Å². The van der Waals surface area contributed by atoms with E-state index in [1.807, 2.05) is 0 Å². The van der Waals surface area contributed by atoms with E-state index in [2.05, 4.69) is 26.7 Å². The highest BCUT2D eigenvalue weighted by atomic mass is 16.5. The van der Waals surface area contributed by atoms with Crippen LogP contribution in [0.2, 0.25) is 0 Å². The van der Waals surface area contributed by atoms with Crippen LogP contribution in [-0.2, 0) is 0 Å². The molecule has 6 heteroatoms. The monoisotopic (exact) mass is 291 g/mol. The molecule has 1 saturated carbocycles. The van der Waals surface area contributed by atoms with E-state index in [4.69, 9.17) is 10.5 Å². The van der Waals surface area contributed by atoms with Gasteiger partial charge in [0.2, 0.25) is 5.88 Å². The van der Waals surface area contributed by atoms with E-state index < -0.39 is 0 Å². The van der Waals surface area contributed by atoms with Crippen LogP contribution in [0.25, 0.3) is 0 Å². The van der Waals surface area contributed by atoms with Crippen LogP contribution in [0.4, 0.5) is 11.5 Å². The molecule has 0 unspecified atom stereocenters. The van der Waals surface area contributed by atoms with Gasteiger partial charge in [-0.15, -0.1) is 0 Å². The van der Waals surface area contributed by atoms with Crippen molar-refractivity contribution in [3.8, 4) is 5.88 Å². The number of ether oxygens (including phenoxy) is 1. The summed E-state index contributed by atoms with van der Waals surface area (Å²) in [6, 6.07) is 0. The van der Waals surface area contributed by atoms with Crippen molar-refractivity contribution < 1.29 is 4.74 Å². The van der Waals surface area contributed by atoms with Gasteiger partial charge in [-0.3, -0.25) is 4.90 Å². The van der Waals surface area contributed by atoms with E-state index in [0.717, 1.165) is 44.3 Å². The molecule has 2 N–H and O–H groups in total. The van der Waals surface area contributed by atoms with Gasteiger partial charge in [-0.2, -0.15) is 4.98 Å². The highest BCUT2D eigenvalue weighted by Crippen LogP contribution is 2.31. The normalized spacial score (nSPS) is 19.8. The average molecular weight is 291 g/mol. The minimum absolute atomic E-state index is 0.516. The molecular formula is C15H25N5O. The molecule has 2 heterocycles. The summed E-state index contributed by atoms with van der Waals surface area (Å²) in [4.78, 5) is 13.3. The number of nitrogens with two attached hydrogens (primary N) is 1. The van der Waals surface area contributed by atoms with Gasteiger partial charge in [-0.25, -0.2) is 4.98 Å². The first-order valence-corrected chi connectivity index (χ1v) is 7.98. The van der Waals surface area contributed by atoms with E-state index >= 15 is 0 Å². The molecule has 0 atom stereocenters. The maximum atomic E-state index is 6.18. The Kier molecular flexibility index (Phi) is 4.43. The van der Waals surface area contributed by atoms with E-state index in [1.54, 1.807) is 6.33 Å². The number of piperazine rings is 1. The lowest BCUT2D eigenvalue weighted by Crippen LogP contribution is -2.47. The number of hydrogen-bond acceptors (Lipinski definition) is 6. The summed E-state index contributed by atoms with van der Waals surface area (Å²) in [6.45, 7) is 8.09. The third-order valence-electron chi connectivity index (χ3n) is 4.15. The van der Waals surface area contributed by atoms with Crippen molar-refractivity contribution in [1.29, 1.82) is 0 Å². The summed E-state index contributed by atoms with van der Waals surface area (Å²) in [7, 11) is 0. The lowest BCUT2D eigenvalue weighted by Gasteiger charge is -2.35. The largest absolute Gasteiger partial charge is 0.476 e. The highest BCUT2D eigenvalue weighted by molar-refractivity contribution is 5.67. The fraction of sp³-hybridized carbons (Fsp3) is 0.733. The molecule has 3 rings (SSSR count). The van der Waals surface area contributed by atoms with E-state index in [-0.39, 0.29) is 0 Å². The summed E-state index contributed by atoms with van der Waals surface area (Å²) in [5.41, 5.74) is 6.75. The van der Waals surface area contributed by atoms with Crippen LogP contribution >= 0.6 is 0 Å². The predicted octanol–water partition coefficient (Wildman–Crippen LogP) is 1.38. The minimum atomic E-state index is 0.516. The quantitative estimate of drug-likeness (QED) is 0.854. The molecule has 0 bridgehead atoms. The molecule has 2 aliphatic rings. The maximum Gasteiger partial charge on any atom is 0.242 e. The Hall–Kier alpha value is -1.56. The van der Waals surface area contributed by atoms with Crippen LogP contribution in [0.1, 0.15) is 26.2 Å². The second-order valence-electron chi connectivity index (χ2n) is 6.00. The molecular weight excluding hydrogens is 266 g/mol. The number of hydrogen-bond donors (Lipinski definition) is 1. The molecule has 1 aromatic heterocycles. The fourth-order valence-corrected chi connectivity index (χ4v) is 2.74. The highest BCUT2D eigenvalue weighted by Gasteiger charge is 2.27. The molecule has 0 radical (unpaired) electrons. The zero-order chi connectivity index (χ0) is 14.7. The minimum Gasteiger partial charge on any atom is -0.476 e. The van der Waals surface area contributed by atoms with Crippen LogP contribution in [0, 0.1) is 5.92 Å². The average Bonchev–Trinajstić information content (AvgIpc) is 3.31. The summed E-state index contributed by atoms with van der Waals surface area (Å²) in [6.07, 6.45) is 5.32. The Bertz CT molecular complexity index is 469. The number of nitrogens with zero attached hydrogens (tertiary/aromatic N) is 4. The second kappa shape index (κ2) is 6.47. The second-order valence-corrected chi connectivity index (χ2v) is 6.00. The molecule has 0 amide bonds. The number of rotatable bonds is 6. The van der Waals surface area contributed by atoms with Gasteiger partial charge < -0.3 is 15.4 Å². The first kappa shape index (κ1) is 14.4. The topological polar surface area (TPSA) is 67.5 Å². The Morgan fingerprint density at radius 2 is 2.00 bits per heavy atom. The molecule has 1 aliphatic heterocycles. The van der Waals surface area contributed by atoms with Crippen molar-refractivity contribution in [3.63, 3.8) is 0 Å². The van der Waals surface area contributed by atoms with Gasteiger partial charge in [0.25, 0.3) is 0 Å². The van der Waals surface area contributed by atoms with E-state index in [9.17, 15) is 0 Å². The third kappa shape index (κ3) is 3.56. The predicted molar refractivity (Wildman–Crippen MR) is 83.6 cm³/mol. The first-order chi connectivity index (χ1) is 10.3. The van der Waals surface area contributed by atoms with Gasteiger partial charge in [0, 0.05) is 32.7 Å². The zero-order valence-corrected chi connectivity index (χ0v) is 12.8. The molecule has 2 fully saturated rings. The van der Waals surface area contributed by atoms with Crippen LogP contribution in [0.5, 0.6) is 5.88 Å². The summed E-state index contributed by atoms with van der Waals surface area (Å²) >= 11 is 0. The van der Waals surface area contributed by atoms with E-state index in [1.165, 1.54) is 19.4 Å². The molecule has 1 aromatic rings. The van der Waals surface area contributed by atoms with Crippen molar-refractivity contribution in [2.24, 2.45) is 5.92 Å². The summed E-state index contributed by atoms with van der Waals surface area (Å²) < 4.78 is 5.59. The van der Waals surface area contributed by atoms with Crippen LogP contribution in [0.15, 0.2) is 6.33 Å². The summed E-state index contributed by atoms with van der Waals surface area (Å²) in [5, 5.41) is 0. The number of anilines is 2. The zero-order valence-electron chi connectivity index (χ0n) is 12.8. The molecule has 1 aliphatic carbocycles. The molecule has 116 valence electrons. The smallest absolute Gasteiger partial charge is 0.242 e. The SMILES string of the molecule is CCCOc1ncnc(N2CCN(CC3CC3)CC2)c1N. The Labute approximate surface area is 126 Å². The Morgan fingerprint density at radius 1 is 1.24 bits per heavy atom. The fourth-order valence-electron chi connectivity index (χ4n) is 2.74. The standard InChI is InChI=1S/C15H25N5O/c1-2-9-21-15-13(16)14(17-11-18-15)20-7-5-19(6-8-20)10-12-3-4-12/h11-12H,2-10,16H2,1H3. The lowest BCUT2D eigenvalue weighted by molar-refractivity contribution is 0.247. The van der Waals surface area contributed by atoms with Gasteiger partial charge in [0.1, 0.15) is 12.0 Å². The third-order valence-corrected chi connectivity index (χ3v) is 4.15. The molecule has 21 heavy (non-hydrogen) atoms. The Balaban J connectivity index is 1.61.